The quantitative estimate of drug-likeness (QED) is 0.435. The Morgan fingerprint density at radius 3 is 2.42 bits per heavy atom. The van der Waals surface area contributed by atoms with Crippen LogP contribution in [0.5, 0.6) is 0 Å². The molecule has 4 nitrogen and oxygen atoms in total. The van der Waals surface area contributed by atoms with E-state index >= 15 is 0 Å². The van der Waals surface area contributed by atoms with Crippen molar-refractivity contribution in [3.8, 4) is 0 Å². The minimum absolute atomic E-state index is 0.0834. The van der Waals surface area contributed by atoms with Crippen molar-refractivity contribution >= 4 is 22.8 Å². The van der Waals surface area contributed by atoms with Crippen LogP contribution in [0.4, 0.5) is 5.69 Å². The Morgan fingerprint density at radius 2 is 1.73 bits per heavy atom. The summed E-state index contributed by atoms with van der Waals surface area (Å²) < 4.78 is 2.50. The van der Waals surface area contributed by atoms with Gasteiger partial charge < -0.3 is 10.0 Å². The second-order valence-electron chi connectivity index (χ2n) is 12.7. The summed E-state index contributed by atoms with van der Waals surface area (Å²) in [6.07, 6.45) is 4.56. The molecule has 3 aliphatic rings. The highest BCUT2D eigenvalue weighted by atomic mass is 16.4. The molecule has 3 aromatic carbocycles. The van der Waals surface area contributed by atoms with Gasteiger partial charge in [0, 0.05) is 41.3 Å². The third-order valence-corrected chi connectivity index (χ3v) is 9.56. The molecular weight excluding hydrogens is 492 g/mol. The zero-order chi connectivity index (χ0) is 28.6. The molecule has 1 N–H and O–H groups in total. The van der Waals surface area contributed by atoms with Crippen LogP contribution in [0.25, 0.3) is 11.1 Å². The van der Waals surface area contributed by atoms with Gasteiger partial charge in [0.05, 0.1) is 11.1 Å². The van der Waals surface area contributed by atoms with Gasteiger partial charge in [-0.05, 0) is 104 Å². The Balaban J connectivity index is 1.81. The van der Waals surface area contributed by atoms with Crippen molar-refractivity contribution in [1.29, 1.82) is 0 Å². The number of allylic oxidation sites excluding steroid dienone is 1. The van der Waals surface area contributed by atoms with Gasteiger partial charge in [0.2, 0.25) is 5.36 Å². The van der Waals surface area contributed by atoms with Crippen LogP contribution in [-0.2, 0) is 11.8 Å². The molecule has 3 aromatic rings. The van der Waals surface area contributed by atoms with Crippen molar-refractivity contribution in [2.24, 2.45) is 0 Å². The third kappa shape index (κ3) is 3.79. The maximum absolute atomic E-state index is 12.5. The summed E-state index contributed by atoms with van der Waals surface area (Å²) in [6.45, 7) is 18.9. The van der Waals surface area contributed by atoms with Gasteiger partial charge in [-0.2, -0.15) is 0 Å². The number of carboxylic acid groups (broad SMARTS) is 1. The summed E-state index contributed by atoms with van der Waals surface area (Å²) in [5, 5.41) is 12.8. The molecule has 1 aliphatic carbocycles. The fraction of sp³-hybridized carbons (Fsp3) is 0.389. The average molecular weight is 534 g/mol. The zero-order valence-electron chi connectivity index (χ0n) is 25.0. The first kappa shape index (κ1) is 26.6. The van der Waals surface area contributed by atoms with Crippen molar-refractivity contribution < 1.29 is 9.90 Å². The summed E-state index contributed by atoms with van der Waals surface area (Å²) in [4.78, 5) is 15.0. The maximum atomic E-state index is 12.5. The fourth-order valence-corrected chi connectivity index (χ4v) is 7.65. The van der Waals surface area contributed by atoms with Crippen LogP contribution < -0.4 is 20.1 Å². The van der Waals surface area contributed by atoms with E-state index in [9.17, 15) is 9.90 Å². The highest BCUT2D eigenvalue weighted by molar-refractivity contribution is 5.99. The monoisotopic (exact) mass is 533 g/mol. The first-order chi connectivity index (χ1) is 19.0. The summed E-state index contributed by atoms with van der Waals surface area (Å²) in [5.74, 6) is -0.890. The number of nitrogens with zero attached hydrogens (tertiary/aromatic N) is 2. The van der Waals surface area contributed by atoms with Crippen molar-refractivity contribution in [3.63, 3.8) is 0 Å². The number of carbonyl (C=O) groups is 1. The number of fused-ring (bicyclic) bond motifs is 4. The number of rotatable bonds is 4. The molecule has 0 fully saturated rings. The number of anilines is 1. The molecular formula is C36H41N2O2+. The number of hydrogen-bond donors (Lipinski definition) is 1. The van der Waals surface area contributed by atoms with Crippen LogP contribution >= 0.6 is 0 Å². The molecule has 206 valence electrons. The third-order valence-electron chi connectivity index (χ3n) is 9.56. The van der Waals surface area contributed by atoms with Crippen LogP contribution in [-0.4, -0.2) is 36.2 Å². The molecule has 6 rings (SSSR count). The van der Waals surface area contributed by atoms with Crippen LogP contribution in [0, 0.1) is 0 Å². The van der Waals surface area contributed by atoms with Gasteiger partial charge >= 0.3 is 5.97 Å². The molecule has 0 radical (unpaired) electrons. The van der Waals surface area contributed by atoms with E-state index in [-0.39, 0.29) is 11.0 Å². The molecule has 0 bridgehead atoms. The minimum atomic E-state index is -0.890. The Labute approximate surface area is 238 Å². The molecule has 40 heavy (non-hydrogen) atoms. The number of aromatic carboxylic acids is 1. The Kier molecular flexibility index (Phi) is 6.10. The molecule has 0 spiro atoms. The number of hydrogen-bond acceptors (Lipinski definition) is 2. The average Bonchev–Trinajstić information content (AvgIpc) is 2.91. The highest BCUT2D eigenvalue weighted by Crippen LogP contribution is 2.47. The maximum Gasteiger partial charge on any atom is 0.336 e. The van der Waals surface area contributed by atoms with Gasteiger partial charge in [0.1, 0.15) is 13.1 Å². The van der Waals surface area contributed by atoms with Crippen LogP contribution in [0.1, 0.15) is 98.6 Å². The van der Waals surface area contributed by atoms with Crippen molar-refractivity contribution in [3.05, 3.63) is 104 Å². The molecule has 0 unspecified atom stereocenters. The lowest BCUT2D eigenvalue weighted by atomic mass is 9.67. The van der Waals surface area contributed by atoms with Crippen LogP contribution in [0.2, 0.25) is 0 Å². The number of likely N-dealkylation sites (N-methyl/N-ethyl adjacent to an activating group) is 1. The molecule has 0 aromatic heterocycles. The Hall–Kier alpha value is -3.66. The first-order valence-corrected chi connectivity index (χ1v) is 14.8. The van der Waals surface area contributed by atoms with Gasteiger partial charge in [-0.15, -0.1) is 0 Å². The van der Waals surface area contributed by atoms with E-state index in [1.54, 1.807) is 6.07 Å². The second kappa shape index (κ2) is 9.19. The summed E-state index contributed by atoms with van der Waals surface area (Å²) >= 11 is 0. The predicted molar refractivity (Wildman–Crippen MR) is 165 cm³/mol. The second-order valence-corrected chi connectivity index (χ2v) is 12.7. The topological polar surface area (TPSA) is 43.6 Å². The lowest BCUT2D eigenvalue weighted by Crippen LogP contribution is -2.46. The van der Waals surface area contributed by atoms with Gasteiger partial charge in [-0.3, -0.25) is 0 Å². The van der Waals surface area contributed by atoms with E-state index in [0.29, 0.717) is 5.56 Å². The summed E-state index contributed by atoms with van der Waals surface area (Å²) in [7, 11) is 0. The van der Waals surface area contributed by atoms with E-state index in [2.05, 4.69) is 88.3 Å². The summed E-state index contributed by atoms with van der Waals surface area (Å²) in [5.41, 5.74) is 10.7. The standard InChI is InChI=1S/C36H40N2O2/c1-8-37-16-12-13-23-17-27-29(19-31(23)37)36(6,7)30-20-32-26(22(3)21-35(4,5)38(32)9-2)18-28(30)33(27)24-14-10-11-15-25(24)34(39)40/h10-11,14-15,17-21H,8-9,12-13,16H2,1-7H3/p+1. The van der Waals surface area contributed by atoms with E-state index < -0.39 is 5.97 Å². The van der Waals surface area contributed by atoms with E-state index in [1.807, 2.05) is 18.2 Å². The SMILES string of the molecule is CCN1c2cc3c(cc2C(C)=CC1(C)C)C(c1ccccc1C(=O)O)=c1cc2c(cc1C3(C)C)=[N+](CC)CCC2. The summed E-state index contributed by atoms with van der Waals surface area (Å²) in [6, 6.07) is 17.1. The molecule has 4 heteroatoms. The normalized spacial score (nSPS) is 18.4. The number of carboxylic acids is 1. The Bertz CT molecular complexity index is 1740. The zero-order valence-corrected chi connectivity index (χ0v) is 25.0. The smallest absolute Gasteiger partial charge is 0.336 e. The highest BCUT2D eigenvalue weighted by Gasteiger charge is 2.39. The molecule has 2 heterocycles. The lowest BCUT2D eigenvalue weighted by Gasteiger charge is -2.44. The van der Waals surface area contributed by atoms with Gasteiger partial charge in [0.15, 0.2) is 0 Å². The Morgan fingerprint density at radius 1 is 0.975 bits per heavy atom. The van der Waals surface area contributed by atoms with Crippen molar-refractivity contribution in [1.82, 2.24) is 4.58 Å². The van der Waals surface area contributed by atoms with Crippen LogP contribution in [0.3, 0.4) is 0 Å². The largest absolute Gasteiger partial charge is 0.478 e. The molecule has 0 saturated carbocycles. The minimum Gasteiger partial charge on any atom is -0.478 e. The van der Waals surface area contributed by atoms with Crippen molar-refractivity contribution in [2.75, 3.05) is 24.5 Å². The molecule has 0 atom stereocenters. The number of aryl methyl sites for hydroxylation is 1. The first-order valence-electron chi connectivity index (χ1n) is 14.8. The van der Waals surface area contributed by atoms with Gasteiger partial charge in [-0.1, -0.05) is 38.1 Å². The molecule has 2 aliphatic heterocycles. The lowest BCUT2D eigenvalue weighted by molar-refractivity contribution is 0.0696. The predicted octanol–water partition coefficient (Wildman–Crippen LogP) is 5.75. The van der Waals surface area contributed by atoms with E-state index in [4.69, 9.17) is 0 Å². The molecule has 0 saturated heterocycles. The van der Waals surface area contributed by atoms with Crippen LogP contribution in [0.15, 0.2) is 54.6 Å². The fourth-order valence-electron chi connectivity index (χ4n) is 7.65. The van der Waals surface area contributed by atoms with Crippen molar-refractivity contribution in [2.45, 2.75) is 72.3 Å². The van der Waals surface area contributed by atoms with Gasteiger partial charge in [0.25, 0.3) is 0 Å². The van der Waals surface area contributed by atoms with Gasteiger partial charge in [-0.25, -0.2) is 9.37 Å². The molecule has 0 amide bonds. The van der Waals surface area contributed by atoms with E-state index in [0.717, 1.165) is 49.2 Å². The number of benzene rings is 3. The van der Waals surface area contributed by atoms with E-state index in [1.165, 1.54) is 44.1 Å².